The number of aryl methyl sites for hydroxylation is 1. The molecule has 2 rings (SSSR count). The van der Waals surface area contributed by atoms with Gasteiger partial charge in [-0.05, 0) is 51.1 Å². The molecule has 0 bridgehead atoms. The first-order valence-corrected chi connectivity index (χ1v) is 10.5. The molecule has 2 atom stereocenters. The normalized spacial score (nSPS) is 12.8. The van der Waals surface area contributed by atoms with Gasteiger partial charge < -0.3 is 20.1 Å². The van der Waals surface area contributed by atoms with Crippen molar-refractivity contribution < 1.29 is 60.4 Å². The summed E-state index contributed by atoms with van der Waals surface area (Å²) < 4.78 is 92.2. The second kappa shape index (κ2) is 14.4. The van der Waals surface area contributed by atoms with E-state index < -0.39 is 58.6 Å². The van der Waals surface area contributed by atoms with Crippen LogP contribution in [-0.4, -0.2) is 52.8 Å². The van der Waals surface area contributed by atoms with Gasteiger partial charge in [0.2, 0.25) is 0 Å². The lowest BCUT2D eigenvalue weighted by Crippen LogP contribution is -2.15. The van der Waals surface area contributed by atoms with Gasteiger partial charge in [-0.2, -0.15) is 13.2 Å². The largest absolute Gasteiger partial charge is 0.491 e. The fourth-order valence-electron chi connectivity index (χ4n) is 2.45. The molecule has 0 saturated carbocycles. The summed E-state index contributed by atoms with van der Waals surface area (Å²) in [4.78, 5) is 21.3. The Morgan fingerprint density at radius 3 is 1.70 bits per heavy atom. The van der Waals surface area contributed by atoms with Crippen molar-refractivity contribution in [2.24, 2.45) is 0 Å². The Kier molecular flexibility index (Phi) is 13.1. The van der Waals surface area contributed by atoms with E-state index in [4.69, 9.17) is 20.1 Å². The number of halogens is 7. The molecule has 0 spiro atoms. The minimum atomic E-state index is -4.63. The number of benzene rings is 2. The number of carbonyl (C=O) groups is 2. The van der Waals surface area contributed by atoms with Crippen molar-refractivity contribution in [2.75, 3.05) is 13.2 Å². The number of aliphatic hydroxyl groups excluding tert-OH is 1. The molecule has 0 unspecified atom stereocenters. The number of alkyl halides is 7. The van der Waals surface area contributed by atoms with E-state index in [0.29, 0.717) is 12.5 Å². The SMILES string of the molecule is C[C@@H](F)CO.C[C@@H](F)COc1ccc(C(=O)O)c(C(C)(F)F)c1.Cc1ccc(C(=O)O)c(C(F)(F)F)c1. The highest BCUT2D eigenvalue weighted by molar-refractivity contribution is 5.90. The molecule has 0 aliphatic carbocycles. The average Bonchev–Trinajstić information content (AvgIpc) is 2.76. The molecular formula is C24H27F7O6. The quantitative estimate of drug-likeness (QED) is 0.355. The highest BCUT2D eigenvalue weighted by Gasteiger charge is 2.35. The summed E-state index contributed by atoms with van der Waals surface area (Å²) in [6.07, 6.45) is -6.93. The van der Waals surface area contributed by atoms with E-state index in [1.165, 1.54) is 32.9 Å². The van der Waals surface area contributed by atoms with E-state index in [-0.39, 0.29) is 19.0 Å². The Bertz CT molecular complexity index is 1030. The molecule has 6 nitrogen and oxygen atoms in total. The summed E-state index contributed by atoms with van der Waals surface area (Å²) in [5, 5.41) is 25.1. The smallest absolute Gasteiger partial charge is 0.417 e. The van der Waals surface area contributed by atoms with Gasteiger partial charge in [0.1, 0.15) is 24.7 Å². The monoisotopic (exact) mass is 544 g/mol. The first-order chi connectivity index (χ1) is 16.8. The topological polar surface area (TPSA) is 104 Å². The maximum Gasteiger partial charge on any atom is 0.417 e. The van der Waals surface area contributed by atoms with E-state index in [1.807, 2.05) is 0 Å². The summed E-state index contributed by atoms with van der Waals surface area (Å²) >= 11 is 0. The molecule has 0 aromatic heterocycles. The number of carboxylic acids is 2. The van der Waals surface area contributed by atoms with Crippen LogP contribution in [0.2, 0.25) is 0 Å². The summed E-state index contributed by atoms with van der Waals surface area (Å²) in [6, 6.07) is 6.28. The van der Waals surface area contributed by atoms with E-state index in [0.717, 1.165) is 24.3 Å². The lowest BCUT2D eigenvalue weighted by atomic mass is 10.0. The van der Waals surface area contributed by atoms with Crippen molar-refractivity contribution in [3.05, 3.63) is 64.2 Å². The lowest BCUT2D eigenvalue weighted by Gasteiger charge is -2.15. The summed E-state index contributed by atoms with van der Waals surface area (Å²) in [6.45, 7) is 4.00. The Morgan fingerprint density at radius 2 is 1.32 bits per heavy atom. The zero-order chi connectivity index (χ0) is 29.1. The van der Waals surface area contributed by atoms with Crippen LogP contribution < -0.4 is 4.74 Å². The third-order valence-electron chi connectivity index (χ3n) is 4.14. The van der Waals surface area contributed by atoms with Crippen LogP contribution in [0.15, 0.2) is 36.4 Å². The van der Waals surface area contributed by atoms with Crippen LogP contribution in [-0.2, 0) is 12.1 Å². The molecule has 208 valence electrons. The van der Waals surface area contributed by atoms with Crippen LogP contribution in [0.25, 0.3) is 0 Å². The molecule has 0 radical (unpaired) electrons. The highest BCUT2D eigenvalue weighted by atomic mass is 19.4. The van der Waals surface area contributed by atoms with Gasteiger partial charge in [0.25, 0.3) is 5.92 Å². The predicted molar refractivity (Wildman–Crippen MR) is 120 cm³/mol. The molecule has 2 aromatic carbocycles. The maximum atomic E-state index is 13.3. The van der Waals surface area contributed by atoms with Crippen LogP contribution in [0, 0.1) is 6.92 Å². The van der Waals surface area contributed by atoms with Gasteiger partial charge in [-0.25, -0.2) is 27.2 Å². The van der Waals surface area contributed by atoms with Gasteiger partial charge in [-0.15, -0.1) is 0 Å². The molecule has 0 heterocycles. The number of hydrogen-bond acceptors (Lipinski definition) is 4. The van der Waals surface area contributed by atoms with Gasteiger partial charge in [0.05, 0.1) is 23.3 Å². The lowest BCUT2D eigenvalue weighted by molar-refractivity contribution is -0.138. The molecule has 13 heteroatoms. The highest BCUT2D eigenvalue weighted by Crippen LogP contribution is 2.33. The third-order valence-corrected chi connectivity index (χ3v) is 4.14. The second-order valence-corrected chi connectivity index (χ2v) is 7.81. The van der Waals surface area contributed by atoms with E-state index in [1.54, 1.807) is 0 Å². The first kappa shape index (κ1) is 33.7. The van der Waals surface area contributed by atoms with Crippen molar-refractivity contribution in [3.8, 4) is 5.75 Å². The van der Waals surface area contributed by atoms with Crippen LogP contribution in [0.5, 0.6) is 5.75 Å². The fraction of sp³-hybridized carbons (Fsp3) is 0.417. The van der Waals surface area contributed by atoms with Crippen molar-refractivity contribution in [2.45, 2.75) is 52.1 Å². The van der Waals surface area contributed by atoms with Gasteiger partial charge in [0.15, 0.2) is 0 Å². The van der Waals surface area contributed by atoms with Crippen LogP contribution in [0.3, 0.4) is 0 Å². The standard InChI is InChI=1S/C12H13F3O3.C9H7F3O2.C3H7FO/c1-7(13)6-18-8-3-4-9(11(16)17)10(5-8)12(2,14)15;1-5-2-3-6(8(13)14)7(4-5)9(10,11)12;1-3(4)2-5/h3-5,7H,6H2,1-2H3,(H,16,17);2-4H,1H3,(H,13,14);3,5H,2H2,1H3/t7-;;3-/m1.1/s1. The molecule has 0 saturated heterocycles. The van der Waals surface area contributed by atoms with Crippen LogP contribution in [0.4, 0.5) is 30.7 Å². The molecule has 2 aromatic rings. The Balaban J connectivity index is 0.000000605. The van der Waals surface area contributed by atoms with Gasteiger partial charge in [-0.1, -0.05) is 11.6 Å². The molecule has 0 fully saturated rings. The Labute approximate surface area is 208 Å². The number of carboxylic acid groups (broad SMARTS) is 2. The van der Waals surface area contributed by atoms with Crippen molar-refractivity contribution in [3.63, 3.8) is 0 Å². The minimum absolute atomic E-state index is 0.0148. The fourth-order valence-corrected chi connectivity index (χ4v) is 2.45. The van der Waals surface area contributed by atoms with E-state index in [2.05, 4.69) is 0 Å². The molecule has 37 heavy (non-hydrogen) atoms. The molecule has 0 amide bonds. The van der Waals surface area contributed by atoms with Crippen molar-refractivity contribution in [1.29, 1.82) is 0 Å². The molecule has 3 N–H and O–H groups in total. The number of aliphatic hydroxyl groups is 1. The maximum absolute atomic E-state index is 13.3. The van der Waals surface area contributed by atoms with Crippen LogP contribution in [0.1, 0.15) is 58.2 Å². The van der Waals surface area contributed by atoms with Gasteiger partial charge in [0, 0.05) is 12.5 Å². The third kappa shape index (κ3) is 12.4. The molecular weight excluding hydrogens is 517 g/mol. The van der Waals surface area contributed by atoms with Crippen LogP contribution >= 0.6 is 0 Å². The van der Waals surface area contributed by atoms with Crippen molar-refractivity contribution in [1.82, 2.24) is 0 Å². The number of aromatic carboxylic acids is 2. The van der Waals surface area contributed by atoms with Gasteiger partial charge in [-0.3, -0.25) is 0 Å². The van der Waals surface area contributed by atoms with Gasteiger partial charge >= 0.3 is 18.1 Å². The predicted octanol–water partition coefficient (Wildman–Crippen LogP) is 6.28. The average molecular weight is 544 g/mol. The summed E-state index contributed by atoms with van der Waals surface area (Å²) in [7, 11) is 0. The zero-order valence-electron chi connectivity index (χ0n) is 20.2. The molecule has 0 aliphatic rings. The Morgan fingerprint density at radius 1 is 0.865 bits per heavy atom. The van der Waals surface area contributed by atoms with Crippen molar-refractivity contribution >= 4 is 11.9 Å². The van der Waals surface area contributed by atoms with E-state index in [9.17, 15) is 40.3 Å². The first-order valence-electron chi connectivity index (χ1n) is 10.5. The molecule has 0 aliphatic heterocycles. The minimum Gasteiger partial charge on any atom is -0.491 e. The summed E-state index contributed by atoms with van der Waals surface area (Å²) in [5.74, 6) is -6.32. The van der Waals surface area contributed by atoms with E-state index >= 15 is 0 Å². The summed E-state index contributed by atoms with van der Waals surface area (Å²) in [5.41, 5.74) is -2.60. The second-order valence-electron chi connectivity index (χ2n) is 7.81. The number of ether oxygens (including phenoxy) is 1. The number of hydrogen-bond donors (Lipinski definition) is 3. The Hall–Kier alpha value is -3.35. The number of rotatable bonds is 7. The zero-order valence-corrected chi connectivity index (χ0v) is 20.2.